The van der Waals surface area contributed by atoms with Crippen LogP contribution >= 0.6 is 0 Å². The molecule has 0 aliphatic rings. The highest BCUT2D eigenvalue weighted by Crippen LogP contribution is 2.28. The lowest BCUT2D eigenvalue weighted by atomic mass is 10.3. The zero-order valence-electron chi connectivity index (χ0n) is 7.21. The van der Waals surface area contributed by atoms with Gasteiger partial charge in [-0.25, -0.2) is 4.98 Å². The molecule has 74 valence electrons. The lowest BCUT2D eigenvalue weighted by molar-refractivity contribution is -0.140. The van der Waals surface area contributed by atoms with Crippen molar-refractivity contribution in [2.75, 3.05) is 0 Å². The second-order valence-corrected chi connectivity index (χ2v) is 2.90. The fourth-order valence-corrected chi connectivity index (χ4v) is 1.18. The molecule has 0 unspecified atom stereocenters. The van der Waals surface area contributed by atoms with Gasteiger partial charge in [-0.2, -0.15) is 18.3 Å². The number of hydrogen-bond donors (Lipinski definition) is 0. The molecule has 2 heterocycles. The maximum Gasteiger partial charge on any atom is 0.433 e. The van der Waals surface area contributed by atoms with Crippen LogP contribution in [0.15, 0.2) is 18.3 Å². The van der Waals surface area contributed by atoms with Gasteiger partial charge in [0.25, 0.3) is 0 Å². The molecule has 0 N–H and O–H groups in total. The number of nitrogens with zero attached hydrogens (tertiary/aromatic N) is 3. The van der Waals surface area contributed by atoms with E-state index in [-0.39, 0.29) is 5.52 Å². The van der Waals surface area contributed by atoms with Crippen molar-refractivity contribution in [3.8, 4) is 0 Å². The zero-order chi connectivity index (χ0) is 10.3. The van der Waals surface area contributed by atoms with Gasteiger partial charge in [-0.1, -0.05) is 0 Å². The molecule has 0 aliphatic heterocycles. The number of fused-ring (bicyclic) bond motifs is 1. The van der Waals surface area contributed by atoms with Crippen molar-refractivity contribution in [1.82, 2.24) is 14.8 Å². The summed E-state index contributed by atoms with van der Waals surface area (Å²) >= 11 is 0. The van der Waals surface area contributed by atoms with E-state index in [0.717, 1.165) is 6.07 Å². The van der Waals surface area contributed by atoms with Crippen molar-refractivity contribution >= 4 is 11.0 Å². The Bertz CT molecular complexity index is 472. The summed E-state index contributed by atoms with van der Waals surface area (Å²) in [6.07, 6.45) is -2.95. The Kier molecular flexibility index (Phi) is 1.73. The average Bonchev–Trinajstić information content (AvgIpc) is 2.41. The summed E-state index contributed by atoms with van der Waals surface area (Å²) in [5, 5.41) is 3.92. The number of aromatic nitrogens is 3. The lowest BCUT2D eigenvalue weighted by Crippen LogP contribution is -2.07. The predicted molar refractivity (Wildman–Crippen MR) is 43.5 cm³/mol. The van der Waals surface area contributed by atoms with Gasteiger partial charge in [-0.05, 0) is 12.1 Å². The highest BCUT2D eigenvalue weighted by Gasteiger charge is 2.32. The first-order valence-electron chi connectivity index (χ1n) is 3.84. The Hall–Kier alpha value is -1.59. The second-order valence-electron chi connectivity index (χ2n) is 2.90. The minimum absolute atomic E-state index is 0.252. The first-order chi connectivity index (χ1) is 6.47. The Morgan fingerprint density at radius 1 is 1.21 bits per heavy atom. The van der Waals surface area contributed by atoms with E-state index < -0.39 is 11.9 Å². The molecule has 0 spiro atoms. The fourth-order valence-electron chi connectivity index (χ4n) is 1.18. The van der Waals surface area contributed by atoms with Gasteiger partial charge >= 0.3 is 6.18 Å². The maximum absolute atomic E-state index is 12.2. The molecule has 0 bridgehead atoms. The van der Waals surface area contributed by atoms with Crippen LogP contribution in [-0.4, -0.2) is 14.8 Å². The van der Waals surface area contributed by atoms with Crippen molar-refractivity contribution in [3.05, 3.63) is 24.0 Å². The first-order valence-corrected chi connectivity index (χ1v) is 3.84. The van der Waals surface area contributed by atoms with Crippen molar-refractivity contribution in [2.45, 2.75) is 6.18 Å². The Balaban J connectivity index is 2.62. The van der Waals surface area contributed by atoms with Gasteiger partial charge in [-0.15, -0.1) is 0 Å². The molecule has 14 heavy (non-hydrogen) atoms. The number of aryl methyl sites for hydroxylation is 1. The zero-order valence-corrected chi connectivity index (χ0v) is 7.21. The summed E-state index contributed by atoms with van der Waals surface area (Å²) in [6, 6.07) is 2.24. The van der Waals surface area contributed by atoms with Crippen LogP contribution in [0.2, 0.25) is 0 Å². The Labute approximate surface area is 77.2 Å². The SMILES string of the molecule is Cn1cc2nc(C(F)(F)F)ccc2n1. The lowest BCUT2D eigenvalue weighted by Gasteiger charge is -2.03. The van der Waals surface area contributed by atoms with E-state index in [0.29, 0.717) is 5.52 Å². The first kappa shape index (κ1) is 8.98. The van der Waals surface area contributed by atoms with Crippen molar-refractivity contribution < 1.29 is 13.2 Å². The van der Waals surface area contributed by atoms with E-state index in [2.05, 4.69) is 10.1 Å². The molecule has 0 atom stereocenters. The minimum atomic E-state index is -4.40. The minimum Gasteiger partial charge on any atom is -0.273 e. The summed E-state index contributed by atoms with van der Waals surface area (Å²) in [5.74, 6) is 0. The standard InChI is InChI=1S/C8H6F3N3/c1-14-4-6-5(13-14)2-3-7(12-6)8(9,10)11/h2-4H,1H3. The number of alkyl halides is 3. The molecule has 6 heteroatoms. The molecular formula is C8H6F3N3. The molecule has 0 fully saturated rings. The van der Waals surface area contributed by atoms with Gasteiger partial charge in [0, 0.05) is 7.05 Å². The fraction of sp³-hybridized carbons (Fsp3) is 0.250. The highest BCUT2D eigenvalue weighted by molar-refractivity contribution is 5.73. The molecular weight excluding hydrogens is 195 g/mol. The summed E-state index contributed by atoms with van der Waals surface area (Å²) in [5.41, 5.74) is -0.180. The Morgan fingerprint density at radius 2 is 1.93 bits per heavy atom. The monoisotopic (exact) mass is 201 g/mol. The van der Waals surface area contributed by atoms with E-state index in [1.165, 1.54) is 16.9 Å². The van der Waals surface area contributed by atoms with E-state index >= 15 is 0 Å². The van der Waals surface area contributed by atoms with Crippen LogP contribution in [0.1, 0.15) is 5.69 Å². The van der Waals surface area contributed by atoms with Gasteiger partial charge in [-0.3, -0.25) is 4.68 Å². The van der Waals surface area contributed by atoms with Crippen molar-refractivity contribution in [3.63, 3.8) is 0 Å². The van der Waals surface area contributed by atoms with Crippen LogP contribution in [0, 0.1) is 0 Å². The van der Waals surface area contributed by atoms with Crippen LogP contribution in [-0.2, 0) is 13.2 Å². The average molecular weight is 201 g/mol. The summed E-state index contributed by atoms with van der Waals surface area (Å²) in [6.45, 7) is 0. The number of rotatable bonds is 0. The molecule has 3 nitrogen and oxygen atoms in total. The van der Waals surface area contributed by atoms with E-state index in [1.54, 1.807) is 7.05 Å². The highest BCUT2D eigenvalue weighted by atomic mass is 19.4. The molecule has 2 aromatic rings. The second kappa shape index (κ2) is 2.70. The van der Waals surface area contributed by atoms with Crippen LogP contribution in [0.25, 0.3) is 11.0 Å². The molecule has 2 rings (SSSR count). The van der Waals surface area contributed by atoms with Crippen LogP contribution < -0.4 is 0 Å². The number of pyridine rings is 1. The molecule has 0 aliphatic carbocycles. The smallest absolute Gasteiger partial charge is 0.273 e. The summed E-state index contributed by atoms with van der Waals surface area (Å²) < 4.78 is 38.1. The number of halogens is 3. The van der Waals surface area contributed by atoms with Gasteiger partial charge in [0.2, 0.25) is 0 Å². The summed E-state index contributed by atoms with van der Waals surface area (Å²) in [4.78, 5) is 3.46. The largest absolute Gasteiger partial charge is 0.433 e. The molecule has 2 aromatic heterocycles. The third kappa shape index (κ3) is 1.43. The molecule has 0 radical (unpaired) electrons. The van der Waals surface area contributed by atoms with Crippen LogP contribution in [0.5, 0.6) is 0 Å². The van der Waals surface area contributed by atoms with E-state index in [9.17, 15) is 13.2 Å². The van der Waals surface area contributed by atoms with Gasteiger partial charge in [0.15, 0.2) is 0 Å². The Morgan fingerprint density at radius 3 is 2.57 bits per heavy atom. The van der Waals surface area contributed by atoms with E-state index in [1.807, 2.05) is 0 Å². The predicted octanol–water partition coefficient (Wildman–Crippen LogP) is 1.99. The van der Waals surface area contributed by atoms with Crippen LogP contribution in [0.4, 0.5) is 13.2 Å². The third-order valence-electron chi connectivity index (χ3n) is 1.77. The summed E-state index contributed by atoms with van der Waals surface area (Å²) in [7, 11) is 1.63. The topological polar surface area (TPSA) is 30.7 Å². The molecule has 0 saturated carbocycles. The molecule has 0 aromatic carbocycles. The van der Waals surface area contributed by atoms with E-state index in [4.69, 9.17) is 0 Å². The van der Waals surface area contributed by atoms with Gasteiger partial charge in [0.1, 0.15) is 16.7 Å². The van der Waals surface area contributed by atoms with Crippen molar-refractivity contribution in [2.24, 2.45) is 7.05 Å². The number of hydrogen-bond acceptors (Lipinski definition) is 2. The van der Waals surface area contributed by atoms with Crippen LogP contribution in [0.3, 0.4) is 0 Å². The molecule has 0 saturated heterocycles. The van der Waals surface area contributed by atoms with Gasteiger partial charge in [0.05, 0.1) is 6.20 Å². The normalized spacial score (nSPS) is 12.3. The van der Waals surface area contributed by atoms with Gasteiger partial charge < -0.3 is 0 Å². The quantitative estimate of drug-likeness (QED) is 0.652. The van der Waals surface area contributed by atoms with Crippen molar-refractivity contribution in [1.29, 1.82) is 0 Å². The third-order valence-corrected chi connectivity index (χ3v) is 1.77. The maximum atomic E-state index is 12.2. The molecule has 0 amide bonds.